The fraction of sp³-hybridized carbons (Fsp3) is 0.158. The van der Waals surface area contributed by atoms with Crippen LogP contribution in [-0.2, 0) is 0 Å². The van der Waals surface area contributed by atoms with E-state index in [1.807, 2.05) is 0 Å². The van der Waals surface area contributed by atoms with Crippen molar-refractivity contribution < 1.29 is 29.2 Å². The van der Waals surface area contributed by atoms with Gasteiger partial charge in [0.05, 0.1) is 38.1 Å². The summed E-state index contributed by atoms with van der Waals surface area (Å²) in [5.74, 6) is -0.268. The Kier molecular flexibility index (Phi) is 4.53. The van der Waals surface area contributed by atoms with Crippen LogP contribution in [0.2, 0.25) is 0 Å². The molecule has 0 aliphatic rings. The largest absolute Gasteiger partial charge is 0.502 e. The Morgan fingerprint density at radius 1 is 0.962 bits per heavy atom. The first-order chi connectivity index (χ1) is 12.5. The second-order valence-electron chi connectivity index (χ2n) is 5.47. The highest BCUT2D eigenvalue weighted by molar-refractivity contribution is 6.04. The molecule has 0 saturated heterocycles. The lowest BCUT2D eigenvalue weighted by molar-refractivity contribution is 0.0699. The summed E-state index contributed by atoms with van der Waals surface area (Å²) in [4.78, 5) is 16.3. The van der Waals surface area contributed by atoms with Gasteiger partial charge in [-0.25, -0.2) is 9.78 Å². The van der Waals surface area contributed by atoms with Gasteiger partial charge in [-0.3, -0.25) is 0 Å². The van der Waals surface area contributed by atoms with Crippen molar-refractivity contribution in [2.45, 2.75) is 0 Å². The molecule has 3 aromatic rings. The van der Waals surface area contributed by atoms with Crippen molar-refractivity contribution in [3.63, 3.8) is 0 Å². The van der Waals surface area contributed by atoms with Crippen LogP contribution < -0.4 is 14.2 Å². The highest BCUT2D eigenvalue weighted by atomic mass is 16.5. The molecule has 0 unspecified atom stereocenters. The number of carbonyl (C=O) groups is 1. The van der Waals surface area contributed by atoms with Crippen LogP contribution in [0, 0.1) is 0 Å². The molecular formula is C19H17NO6. The number of aromatic hydroxyl groups is 1. The highest BCUT2D eigenvalue weighted by Crippen LogP contribution is 2.40. The topological polar surface area (TPSA) is 98.1 Å². The molecule has 2 N–H and O–H groups in total. The number of phenolic OH excluding ortho intramolecular Hbond substituents is 1. The SMILES string of the molecule is COc1ccc2nc(-c3cc(OC)c(O)c(OC)c3)cc(C(=O)O)c2c1. The number of aromatic carboxylic acids is 1. The molecule has 0 spiro atoms. The first-order valence-corrected chi connectivity index (χ1v) is 7.66. The Balaban J connectivity index is 2.28. The van der Waals surface area contributed by atoms with E-state index < -0.39 is 5.97 Å². The van der Waals surface area contributed by atoms with E-state index in [0.29, 0.717) is 27.9 Å². The number of ether oxygens (including phenoxy) is 3. The minimum Gasteiger partial charge on any atom is -0.502 e. The Labute approximate surface area is 149 Å². The second kappa shape index (κ2) is 6.79. The third-order valence-corrected chi connectivity index (χ3v) is 4.02. The molecule has 0 radical (unpaired) electrons. The monoisotopic (exact) mass is 355 g/mol. The molecule has 0 amide bonds. The molecule has 1 aromatic heterocycles. The van der Waals surface area contributed by atoms with Crippen LogP contribution in [0.4, 0.5) is 0 Å². The highest BCUT2D eigenvalue weighted by Gasteiger charge is 2.17. The summed E-state index contributed by atoms with van der Waals surface area (Å²) >= 11 is 0. The fourth-order valence-electron chi connectivity index (χ4n) is 2.70. The molecule has 2 aromatic carbocycles. The van der Waals surface area contributed by atoms with Crippen molar-refractivity contribution >= 4 is 16.9 Å². The summed E-state index contributed by atoms with van der Waals surface area (Å²) in [5.41, 5.74) is 1.56. The number of carboxylic acid groups (broad SMARTS) is 1. The minimum atomic E-state index is -1.08. The number of nitrogens with zero attached hydrogens (tertiary/aromatic N) is 1. The summed E-state index contributed by atoms with van der Waals surface area (Å²) < 4.78 is 15.5. The standard InChI is InChI=1S/C19H17NO6/c1-24-11-4-5-14-12(8-11)13(19(22)23)9-15(20-14)10-6-16(25-2)18(21)17(7-10)26-3/h4-9,21H,1-3H3,(H,22,23). The minimum absolute atomic E-state index is 0.0925. The lowest BCUT2D eigenvalue weighted by Crippen LogP contribution is -2.01. The van der Waals surface area contributed by atoms with Crippen LogP contribution in [0.5, 0.6) is 23.0 Å². The molecule has 0 aliphatic heterocycles. The number of aromatic nitrogens is 1. The van der Waals surface area contributed by atoms with E-state index in [-0.39, 0.29) is 22.8 Å². The van der Waals surface area contributed by atoms with Gasteiger partial charge in [0, 0.05) is 10.9 Å². The Morgan fingerprint density at radius 2 is 1.62 bits per heavy atom. The molecule has 134 valence electrons. The molecule has 0 atom stereocenters. The average Bonchev–Trinajstić information content (AvgIpc) is 2.66. The number of fused-ring (bicyclic) bond motifs is 1. The quantitative estimate of drug-likeness (QED) is 0.724. The molecule has 7 nitrogen and oxygen atoms in total. The van der Waals surface area contributed by atoms with Crippen molar-refractivity contribution in [2.75, 3.05) is 21.3 Å². The second-order valence-corrected chi connectivity index (χ2v) is 5.47. The Morgan fingerprint density at radius 3 is 2.15 bits per heavy atom. The van der Waals surface area contributed by atoms with Gasteiger partial charge in [0.15, 0.2) is 11.5 Å². The first kappa shape index (κ1) is 17.3. The first-order valence-electron chi connectivity index (χ1n) is 7.66. The fourth-order valence-corrected chi connectivity index (χ4v) is 2.70. The summed E-state index contributed by atoms with van der Waals surface area (Å²) in [6.45, 7) is 0. The van der Waals surface area contributed by atoms with E-state index in [9.17, 15) is 15.0 Å². The lowest BCUT2D eigenvalue weighted by atomic mass is 10.0. The third-order valence-electron chi connectivity index (χ3n) is 4.02. The molecule has 7 heteroatoms. The molecule has 0 bridgehead atoms. The van der Waals surface area contributed by atoms with Crippen LogP contribution in [0.1, 0.15) is 10.4 Å². The number of hydrogen-bond donors (Lipinski definition) is 2. The molecule has 26 heavy (non-hydrogen) atoms. The van der Waals surface area contributed by atoms with Gasteiger partial charge in [0.25, 0.3) is 0 Å². The average molecular weight is 355 g/mol. The maximum atomic E-state index is 11.7. The third kappa shape index (κ3) is 2.95. The van der Waals surface area contributed by atoms with E-state index in [4.69, 9.17) is 14.2 Å². The van der Waals surface area contributed by atoms with E-state index in [0.717, 1.165) is 0 Å². The predicted molar refractivity (Wildman–Crippen MR) is 95.5 cm³/mol. The van der Waals surface area contributed by atoms with Crippen molar-refractivity contribution in [2.24, 2.45) is 0 Å². The summed E-state index contributed by atoms with van der Waals surface area (Å²) in [6, 6.07) is 9.65. The molecule has 1 heterocycles. The number of phenols is 1. The van der Waals surface area contributed by atoms with E-state index in [2.05, 4.69) is 4.98 Å². The maximum absolute atomic E-state index is 11.7. The molecule has 3 rings (SSSR count). The van der Waals surface area contributed by atoms with Crippen molar-refractivity contribution in [3.05, 3.63) is 42.0 Å². The van der Waals surface area contributed by atoms with Gasteiger partial charge >= 0.3 is 5.97 Å². The van der Waals surface area contributed by atoms with E-state index in [1.165, 1.54) is 27.4 Å². The number of hydrogen-bond acceptors (Lipinski definition) is 6. The smallest absolute Gasteiger partial charge is 0.336 e. The Bertz CT molecular complexity index is 974. The van der Waals surface area contributed by atoms with Crippen LogP contribution in [0.3, 0.4) is 0 Å². The normalized spacial score (nSPS) is 10.6. The van der Waals surface area contributed by atoms with Crippen LogP contribution >= 0.6 is 0 Å². The van der Waals surface area contributed by atoms with Crippen molar-refractivity contribution in [3.8, 4) is 34.3 Å². The Hall–Kier alpha value is -3.48. The van der Waals surface area contributed by atoms with Crippen molar-refractivity contribution in [1.82, 2.24) is 4.98 Å². The van der Waals surface area contributed by atoms with Gasteiger partial charge in [0.2, 0.25) is 5.75 Å². The number of pyridine rings is 1. The predicted octanol–water partition coefficient (Wildman–Crippen LogP) is 3.33. The van der Waals surface area contributed by atoms with Crippen molar-refractivity contribution in [1.29, 1.82) is 0 Å². The van der Waals surface area contributed by atoms with Crippen LogP contribution in [-0.4, -0.2) is 42.5 Å². The number of rotatable bonds is 5. The van der Waals surface area contributed by atoms with Gasteiger partial charge in [-0.2, -0.15) is 0 Å². The van der Waals surface area contributed by atoms with Gasteiger partial charge < -0.3 is 24.4 Å². The zero-order chi connectivity index (χ0) is 18.8. The summed E-state index contributed by atoms with van der Waals surface area (Å²) in [7, 11) is 4.35. The zero-order valence-electron chi connectivity index (χ0n) is 14.4. The van der Waals surface area contributed by atoms with E-state index >= 15 is 0 Å². The molecule has 0 aliphatic carbocycles. The van der Waals surface area contributed by atoms with Gasteiger partial charge in [0.1, 0.15) is 5.75 Å². The molecule has 0 saturated carbocycles. The van der Waals surface area contributed by atoms with Gasteiger partial charge in [-0.1, -0.05) is 0 Å². The number of carboxylic acids is 1. The maximum Gasteiger partial charge on any atom is 0.336 e. The summed E-state index contributed by atoms with van der Waals surface area (Å²) in [6.07, 6.45) is 0. The number of benzene rings is 2. The van der Waals surface area contributed by atoms with Crippen LogP contribution in [0.25, 0.3) is 22.2 Å². The summed E-state index contributed by atoms with van der Waals surface area (Å²) in [5, 5.41) is 20.1. The van der Waals surface area contributed by atoms with Crippen LogP contribution in [0.15, 0.2) is 36.4 Å². The zero-order valence-corrected chi connectivity index (χ0v) is 14.4. The lowest BCUT2D eigenvalue weighted by Gasteiger charge is -2.12. The molecular weight excluding hydrogens is 338 g/mol. The molecule has 0 fully saturated rings. The van der Waals surface area contributed by atoms with Gasteiger partial charge in [-0.15, -0.1) is 0 Å². The number of methoxy groups -OCH3 is 3. The van der Waals surface area contributed by atoms with E-state index in [1.54, 1.807) is 30.3 Å². The van der Waals surface area contributed by atoms with Gasteiger partial charge in [-0.05, 0) is 36.4 Å².